The molecule has 1 atom stereocenters. The number of carbonyl (C=O) groups excluding carboxylic acids is 1. The second-order valence-corrected chi connectivity index (χ2v) is 6.70. The molecule has 0 radical (unpaired) electrons. The molecule has 0 unspecified atom stereocenters. The Morgan fingerprint density at radius 2 is 1.92 bits per heavy atom. The molecule has 2 aromatic rings. The van der Waals surface area contributed by atoms with Crippen molar-refractivity contribution in [2.45, 2.75) is 25.6 Å². The number of ether oxygens (including phenoxy) is 2. The Morgan fingerprint density at radius 3 is 2.58 bits per heavy atom. The van der Waals surface area contributed by atoms with Crippen molar-refractivity contribution in [3.8, 4) is 5.75 Å². The van der Waals surface area contributed by atoms with Gasteiger partial charge in [-0.3, -0.25) is 4.79 Å². The predicted octanol–water partition coefficient (Wildman–Crippen LogP) is 3.94. The summed E-state index contributed by atoms with van der Waals surface area (Å²) in [5, 5.41) is 2.92. The summed E-state index contributed by atoms with van der Waals surface area (Å²) >= 11 is 3.40. The summed E-state index contributed by atoms with van der Waals surface area (Å²) in [5.41, 5.74) is 1.67. The van der Waals surface area contributed by atoms with E-state index in [1.54, 1.807) is 0 Å². The third kappa shape index (κ3) is 4.82. The van der Waals surface area contributed by atoms with Gasteiger partial charge >= 0.3 is 0 Å². The van der Waals surface area contributed by atoms with Crippen LogP contribution < -0.4 is 10.1 Å². The third-order valence-corrected chi connectivity index (χ3v) is 4.48. The maximum Gasteiger partial charge on any atom is 0.251 e. The first-order valence-corrected chi connectivity index (χ1v) is 8.87. The Labute approximate surface area is 150 Å². The molecule has 1 heterocycles. The number of hydrogen-bond donors (Lipinski definition) is 1. The van der Waals surface area contributed by atoms with Gasteiger partial charge in [0.2, 0.25) is 0 Å². The van der Waals surface area contributed by atoms with E-state index in [1.807, 2.05) is 48.5 Å². The van der Waals surface area contributed by atoms with Gasteiger partial charge in [0.15, 0.2) is 0 Å². The molecule has 5 heteroatoms. The van der Waals surface area contributed by atoms with Crippen LogP contribution in [-0.2, 0) is 11.3 Å². The molecule has 0 aromatic heterocycles. The van der Waals surface area contributed by atoms with Crippen LogP contribution in [0.2, 0.25) is 0 Å². The molecule has 0 aliphatic carbocycles. The number of benzene rings is 2. The lowest BCUT2D eigenvalue weighted by molar-refractivity contribution is 0.0857. The quantitative estimate of drug-likeness (QED) is 0.813. The number of nitrogens with one attached hydrogen (secondary N) is 1. The normalized spacial score (nSPS) is 16.8. The van der Waals surface area contributed by atoms with Gasteiger partial charge in [0, 0.05) is 23.2 Å². The van der Waals surface area contributed by atoms with Crippen molar-refractivity contribution in [3.05, 3.63) is 64.1 Å². The van der Waals surface area contributed by atoms with Crippen LogP contribution in [0.15, 0.2) is 53.0 Å². The van der Waals surface area contributed by atoms with E-state index in [1.165, 1.54) is 0 Å². The third-order valence-electron chi connectivity index (χ3n) is 3.95. The highest BCUT2D eigenvalue weighted by atomic mass is 79.9. The van der Waals surface area contributed by atoms with Crippen molar-refractivity contribution in [3.63, 3.8) is 0 Å². The standard InChI is InChI=1S/C19H20BrNO3/c20-16-7-9-17(10-8-16)24-13-14-3-5-15(6-4-14)19(22)21-12-18-2-1-11-23-18/h3-10,18H,1-2,11-13H2,(H,21,22)/t18-/m1/s1. The van der Waals surface area contributed by atoms with E-state index in [0.29, 0.717) is 18.7 Å². The molecule has 4 nitrogen and oxygen atoms in total. The van der Waals surface area contributed by atoms with Crippen molar-refractivity contribution in [2.75, 3.05) is 13.2 Å². The van der Waals surface area contributed by atoms with E-state index in [-0.39, 0.29) is 12.0 Å². The van der Waals surface area contributed by atoms with Crippen LogP contribution in [0, 0.1) is 0 Å². The predicted molar refractivity (Wildman–Crippen MR) is 96.2 cm³/mol. The molecular weight excluding hydrogens is 370 g/mol. The van der Waals surface area contributed by atoms with Crippen molar-refractivity contribution in [1.82, 2.24) is 5.32 Å². The molecule has 1 saturated heterocycles. The lowest BCUT2D eigenvalue weighted by Crippen LogP contribution is -2.31. The van der Waals surface area contributed by atoms with E-state index in [2.05, 4.69) is 21.2 Å². The first-order valence-electron chi connectivity index (χ1n) is 8.08. The van der Waals surface area contributed by atoms with Gasteiger partial charge in [0.05, 0.1) is 6.10 Å². The van der Waals surface area contributed by atoms with Crippen LogP contribution in [-0.4, -0.2) is 25.2 Å². The monoisotopic (exact) mass is 389 g/mol. The van der Waals surface area contributed by atoms with Crippen molar-refractivity contribution >= 4 is 21.8 Å². The topological polar surface area (TPSA) is 47.6 Å². The lowest BCUT2D eigenvalue weighted by Gasteiger charge is -2.11. The molecule has 1 aliphatic rings. The SMILES string of the molecule is O=C(NC[C@H]1CCCO1)c1ccc(COc2ccc(Br)cc2)cc1. The Kier molecular flexibility index (Phi) is 5.88. The molecule has 1 fully saturated rings. The molecule has 3 rings (SSSR count). The largest absolute Gasteiger partial charge is 0.489 e. The summed E-state index contributed by atoms with van der Waals surface area (Å²) in [6.07, 6.45) is 2.26. The molecule has 126 valence electrons. The van der Waals surface area contributed by atoms with Gasteiger partial charge in [-0.1, -0.05) is 28.1 Å². The average molecular weight is 390 g/mol. The van der Waals surface area contributed by atoms with Crippen LogP contribution >= 0.6 is 15.9 Å². The van der Waals surface area contributed by atoms with Crippen LogP contribution in [0.5, 0.6) is 5.75 Å². The summed E-state index contributed by atoms with van der Waals surface area (Å²) < 4.78 is 12.3. The molecule has 1 amide bonds. The number of carbonyl (C=O) groups is 1. The molecule has 0 spiro atoms. The molecule has 1 aliphatic heterocycles. The first kappa shape index (κ1) is 17.0. The van der Waals surface area contributed by atoms with Gasteiger partial charge in [0.25, 0.3) is 5.91 Å². The molecular formula is C19H20BrNO3. The lowest BCUT2D eigenvalue weighted by atomic mass is 10.1. The summed E-state index contributed by atoms with van der Waals surface area (Å²) in [4.78, 5) is 12.1. The Bertz CT molecular complexity index is 664. The highest BCUT2D eigenvalue weighted by Gasteiger charge is 2.16. The van der Waals surface area contributed by atoms with Crippen molar-refractivity contribution in [1.29, 1.82) is 0 Å². The second-order valence-electron chi connectivity index (χ2n) is 5.78. The van der Waals surface area contributed by atoms with E-state index in [4.69, 9.17) is 9.47 Å². The van der Waals surface area contributed by atoms with Crippen LogP contribution in [0.3, 0.4) is 0 Å². The summed E-state index contributed by atoms with van der Waals surface area (Å²) in [6, 6.07) is 15.2. The van der Waals surface area contributed by atoms with Gasteiger partial charge in [-0.05, 0) is 54.8 Å². The van der Waals surface area contributed by atoms with E-state index in [0.717, 1.165) is 35.2 Å². The highest BCUT2D eigenvalue weighted by molar-refractivity contribution is 9.10. The van der Waals surface area contributed by atoms with Crippen LogP contribution in [0.1, 0.15) is 28.8 Å². The Balaban J connectivity index is 1.48. The smallest absolute Gasteiger partial charge is 0.251 e. The van der Waals surface area contributed by atoms with Crippen LogP contribution in [0.4, 0.5) is 0 Å². The average Bonchev–Trinajstić information content (AvgIpc) is 3.13. The second kappa shape index (κ2) is 8.31. The minimum atomic E-state index is -0.0640. The van der Waals surface area contributed by atoms with Crippen molar-refractivity contribution in [2.24, 2.45) is 0 Å². The fourth-order valence-corrected chi connectivity index (χ4v) is 2.83. The fraction of sp³-hybridized carbons (Fsp3) is 0.316. The fourth-order valence-electron chi connectivity index (χ4n) is 2.56. The van der Waals surface area contributed by atoms with Gasteiger partial charge < -0.3 is 14.8 Å². The number of halogens is 1. The summed E-state index contributed by atoms with van der Waals surface area (Å²) in [6.45, 7) is 1.85. The van der Waals surface area contributed by atoms with Crippen LogP contribution in [0.25, 0.3) is 0 Å². The zero-order chi connectivity index (χ0) is 16.8. The zero-order valence-electron chi connectivity index (χ0n) is 13.3. The number of hydrogen-bond acceptors (Lipinski definition) is 3. The molecule has 2 aromatic carbocycles. The first-order chi connectivity index (χ1) is 11.7. The van der Waals surface area contributed by atoms with Gasteiger partial charge in [-0.15, -0.1) is 0 Å². The molecule has 0 saturated carbocycles. The summed E-state index contributed by atoms with van der Waals surface area (Å²) in [5.74, 6) is 0.752. The van der Waals surface area contributed by atoms with E-state index in [9.17, 15) is 4.79 Å². The minimum Gasteiger partial charge on any atom is -0.489 e. The minimum absolute atomic E-state index is 0.0640. The number of rotatable bonds is 6. The molecule has 1 N–H and O–H groups in total. The van der Waals surface area contributed by atoms with E-state index >= 15 is 0 Å². The van der Waals surface area contributed by atoms with Gasteiger partial charge in [-0.25, -0.2) is 0 Å². The molecule has 0 bridgehead atoms. The Hall–Kier alpha value is -1.85. The van der Waals surface area contributed by atoms with Gasteiger partial charge in [-0.2, -0.15) is 0 Å². The Morgan fingerprint density at radius 1 is 1.17 bits per heavy atom. The van der Waals surface area contributed by atoms with Crippen molar-refractivity contribution < 1.29 is 14.3 Å². The number of amides is 1. The maximum atomic E-state index is 12.1. The maximum absolute atomic E-state index is 12.1. The van der Waals surface area contributed by atoms with Gasteiger partial charge in [0.1, 0.15) is 12.4 Å². The molecule has 24 heavy (non-hydrogen) atoms. The highest BCUT2D eigenvalue weighted by Crippen LogP contribution is 2.17. The zero-order valence-corrected chi connectivity index (χ0v) is 14.9. The summed E-state index contributed by atoms with van der Waals surface area (Å²) in [7, 11) is 0. The van der Waals surface area contributed by atoms with E-state index < -0.39 is 0 Å².